The topological polar surface area (TPSA) is 107 Å². The molecule has 1 heterocycles. The number of rotatable bonds is 0. The maximum absolute atomic E-state index is 8.14. The molecule has 0 radical (unpaired) electrons. The molecule has 0 fully saturated rings. The first kappa shape index (κ1) is 17.7. The molecule has 0 spiro atoms. The molecule has 0 aliphatic rings. The highest BCUT2D eigenvalue weighted by atomic mass is 14.9. The van der Waals surface area contributed by atoms with Crippen LogP contribution < -0.4 is 17.2 Å². The Kier molecular flexibility index (Phi) is 30.5. The Balaban J connectivity index is -0.000000144. The number of nitrogens with zero attached hydrogens (tertiary/aromatic N) is 2. The molecule has 0 aromatic carbocycles. The van der Waals surface area contributed by atoms with Gasteiger partial charge in [-0.25, -0.2) is 0 Å². The summed E-state index contributed by atoms with van der Waals surface area (Å²) in [6.45, 7) is 0. The van der Waals surface area contributed by atoms with E-state index in [4.69, 9.17) is 5.26 Å². The summed E-state index contributed by atoms with van der Waals surface area (Å²) in [5, 5.41) is 8.14. The van der Waals surface area contributed by atoms with E-state index in [1.165, 1.54) is 25.7 Å². The van der Waals surface area contributed by atoms with Crippen molar-refractivity contribution in [3.05, 3.63) is 24.5 Å². The summed E-state index contributed by atoms with van der Waals surface area (Å²) >= 11 is 0. The van der Waals surface area contributed by atoms with Crippen LogP contribution in [0.4, 0.5) is 0 Å². The van der Waals surface area contributed by atoms with E-state index in [1.54, 1.807) is 12.4 Å². The SMILES string of the molecule is CN.CN.CN.N#Cn1cccc1. The molecule has 5 heteroatoms. The summed E-state index contributed by atoms with van der Waals surface area (Å²) in [4.78, 5) is 0. The van der Waals surface area contributed by atoms with Gasteiger partial charge in [-0.05, 0) is 33.3 Å². The molecule has 76 valence electrons. The molecule has 0 unspecified atom stereocenters. The average Bonchev–Trinajstić information content (AvgIpc) is 2.79. The highest BCUT2D eigenvalue weighted by molar-refractivity contribution is 4.96. The fourth-order valence-corrected chi connectivity index (χ4v) is 0.401. The first-order valence-electron chi connectivity index (χ1n) is 3.70. The second-order valence-corrected chi connectivity index (χ2v) is 1.19. The zero-order valence-corrected chi connectivity index (χ0v) is 8.44. The first-order chi connectivity index (χ1) is 6.43. The summed E-state index contributed by atoms with van der Waals surface area (Å²) in [6.07, 6.45) is 5.31. The van der Waals surface area contributed by atoms with Crippen LogP contribution in [0.2, 0.25) is 0 Å². The lowest BCUT2D eigenvalue weighted by atomic mass is 10.7. The lowest BCUT2D eigenvalue weighted by Crippen LogP contribution is -1.76. The van der Waals surface area contributed by atoms with E-state index in [1.807, 2.05) is 18.3 Å². The van der Waals surface area contributed by atoms with E-state index in [9.17, 15) is 0 Å². The van der Waals surface area contributed by atoms with Gasteiger partial charge in [0, 0.05) is 12.4 Å². The summed E-state index contributed by atoms with van der Waals surface area (Å²) in [6, 6.07) is 3.62. The van der Waals surface area contributed by atoms with Crippen LogP contribution in [0.15, 0.2) is 24.5 Å². The first-order valence-corrected chi connectivity index (χ1v) is 3.70. The van der Waals surface area contributed by atoms with Gasteiger partial charge in [0.15, 0.2) is 6.19 Å². The lowest BCUT2D eigenvalue weighted by molar-refractivity contribution is 1.10. The molecule has 0 atom stereocenters. The predicted octanol–water partition coefficient (Wildman–Crippen LogP) is -0.458. The molecular formula is C8H19N5. The minimum atomic E-state index is 1.43. The van der Waals surface area contributed by atoms with Gasteiger partial charge in [0.1, 0.15) is 0 Å². The minimum Gasteiger partial charge on any atom is -0.333 e. The smallest absolute Gasteiger partial charge is 0.188 e. The van der Waals surface area contributed by atoms with Crippen LogP contribution in [0.5, 0.6) is 0 Å². The van der Waals surface area contributed by atoms with E-state index in [0.29, 0.717) is 0 Å². The highest BCUT2D eigenvalue weighted by Gasteiger charge is 1.75. The summed E-state index contributed by atoms with van der Waals surface area (Å²) in [5.74, 6) is 0. The standard InChI is InChI=1S/C5H4N2.3CH5N/c6-5-7-3-1-2-4-7;3*1-2/h1-4H;3*2H2,1H3. The van der Waals surface area contributed by atoms with Crippen molar-refractivity contribution in [1.82, 2.24) is 4.57 Å². The Hall–Kier alpha value is -1.35. The van der Waals surface area contributed by atoms with Crippen LogP contribution in [0.1, 0.15) is 0 Å². The average molecular weight is 185 g/mol. The Morgan fingerprint density at radius 3 is 1.38 bits per heavy atom. The van der Waals surface area contributed by atoms with Crippen molar-refractivity contribution in [2.45, 2.75) is 0 Å². The van der Waals surface area contributed by atoms with Gasteiger partial charge in [0.2, 0.25) is 0 Å². The van der Waals surface area contributed by atoms with Gasteiger partial charge in [-0.2, -0.15) is 5.26 Å². The lowest BCUT2D eigenvalue weighted by Gasteiger charge is -1.74. The normalized spacial score (nSPS) is 5.62. The minimum absolute atomic E-state index is 1.43. The fraction of sp³-hybridized carbons (Fsp3) is 0.375. The largest absolute Gasteiger partial charge is 0.333 e. The molecule has 0 aliphatic carbocycles. The molecule has 1 rings (SSSR count). The van der Waals surface area contributed by atoms with Gasteiger partial charge in [-0.15, -0.1) is 0 Å². The van der Waals surface area contributed by atoms with Crippen LogP contribution in [-0.2, 0) is 0 Å². The van der Waals surface area contributed by atoms with Crippen LogP contribution in [0, 0.1) is 11.5 Å². The van der Waals surface area contributed by atoms with Gasteiger partial charge in [-0.1, -0.05) is 0 Å². The molecule has 0 aliphatic heterocycles. The molecule has 0 saturated heterocycles. The zero-order valence-electron chi connectivity index (χ0n) is 8.44. The second-order valence-electron chi connectivity index (χ2n) is 1.19. The van der Waals surface area contributed by atoms with Crippen molar-refractivity contribution in [2.24, 2.45) is 17.2 Å². The molecule has 1 aromatic rings. The molecule has 13 heavy (non-hydrogen) atoms. The number of nitrogens with two attached hydrogens (primary N) is 3. The van der Waals surface area contributed by atoms with Crippen molar-refractivity contribution in [3.8, 4) is 6.19 Å². The molecule has 5 nitrogen and oxygen atoms in total. The Morgan fingerprint density at radius 2 is 1.23 bits per heavy atom. The Bertz CT molecular complexity index is 175. The number of hydrogen-bond acceptors (Lipinski definition) is 4. The van der Waals surface area contributed by atoms with E-state index < -0.39 is 0 Å². The van der Waals surface area contributed by atoms with Crippen molar-refractivity contribution in [3.63, 3.8) is 0 Å². The van der Waals surface area contributed by atoms with Crippen LogP contribution >= 0.6 is 0 Å². The molecule has 6 N–H and O–H groups in total. The van der Waals surface area contributed by atoms with Crippen molar-refractivity contribution in [2.75, 3.05) is 21.1 Å². The second kappa shape index (κ2) is 22.4. The van der Waals surface area contributed by atoms with E-state index in [-0.39, 0.29) is 0 Å². The van der Waals surface area contributed by atoms with Crippen molar-refractivity contribution in [1.29, 1.82) is 5.26 Å². The molecular weight excluding hydrogens is 166 g/mol. The van der Waals surface area contributed by atoms with Gasteiger partial charge in [0.25, 0.3) is 0 Å². The third kappa shape index (κ3) is 13.6. The van der Waals surface area contributed by atoms with Gasteiger partial charge < -0.3 is 17.2 Å². The Morgan fingerprint density at radius 1 is 0.923 bits per heavy atom. The number of aromatic nitrogens is 1. The maximum Gasteiger partial charge on any atom is 0.188 e. The van der Waals surface area contributed by atoms with E-state index in [0.717, 1.165) is 0 Å². The maximum atomic E-state index is 8.14. The van der Waals surface area contributed by atoms with Crippen LogP contribution in [-0.4, -0.2) is 25.7 Å². The molecule has 1 aromatic heterocycles. The van der Waals surface area contributed by atoms with Crippen molar-refractivity contribution >= 4 is 0 Å². The quantitative estimate of drug-likeness (QED) is 0.508. The van der Waals surface area contributed by atoms with E-state index in [2.05, 4.69) is 17.2 Å². The zero-order chi connectivity index (χ0) is 11.1. The molecule has 0 amide bonds. The van der Waals surface area contributed by atoms with Crippen LogP contribution in [0.25, 0.3) is 0 Å². The third-order valence-corrected chi connectivity index (χ3v) is 0.720. The number of nitriles is 1. The van der Waals surface area contributed by atoms with Crippen LogP contribution in [0.3, 0.4) is 0 Å². The van der Waals surface area contributed by atoms with Gasteiger partial charge in [0.05, 0.1) is 0 Å². The van der Waals surface area contributed by atoms with Gasteiger partial charge in [-0.3, -0.25) is 4.57 Å². The highest BCUT2D eigenvalue weighted by Crippen LogP contribution is 1.82. The van der Waals surface area contributed by atoms with Gasteiger partial charge >= 0.3 is 0 Å². The fourth-order valence-electron chi connectivity index (χ4n) is 0.401. The summed E-state index contributed by atoms with van der Waals surface area (Å²) < 4.78 is 1.43. The summed E-state index contributed by atoms with van der Waals surface area (Å²) in [7, 11) is 4.50. The third-order valence-electron chi connectivity index (χ3n) is 0.720. The monoisotopic (exact) mass is 185 g/mol. The van der Waals surface area contributed by atoms with Crippen molar-refractivity contribution < 1.29 is 0 Å². The predicted molar refractivity (Wildman–Crippen MR) is 55.8 cm³/mol. The summed E-state index contributed by atoms with van der Waals surface area (Å²) in [5.41, 5.74) is 13.5. The van der Waals surface area contributed by atoms with E-state index >= 15 is 0 Å². The number of hydrogen-bond donors (Lipinski definition) is 3. The molecule has 0 bridgehead atoms. The Labute approximate surface area is 79.7 Å². The molecule has 0 saturated carbocycles.